The van der Waals surface area contributed by atoms with Crippen LogP contribution < -0.4 is 19.5 Å². The van der Waals surface area contributed by atoms with Crippen molar-refractivity contribution < 1.29 is 19.0 Å². The maximum absolute atomic E-state index is 12.5. The summed E-state index contributed by atoms with van der Waals surface area (Å²) in [6.45, 7) is 1.07. The molecule has 2 aromatic carbocycles. The summed E-state index contributed by atoms with van der Waals surface area (Å²) in [5.41, 5.74) is 3.73. The van der Waals surface area contributed by atoms with Crippen molar-refractivity contribution >= 4 is 11.6 Å². The Hall–Kier alpha value is -3.54. The first-order valence-electron chi connectivity index (χ1n) is 9.45. The number of hydrogen-bond donors (Lipinski definition) is 1. The molecule has 3 aromatic rings. The smallest absolute Gasteiger partial charge is 0.228 e. The summed E-state index contributed by atoms with van der Waals surface area (Å²) in [7, 11) is 1.59. The van der Waals surface area contributed by atoms with E-state index in [1.807, 2.05) is 30.3 Å². The average Bonchev–Trinajstić information content (AvgIpc) is 3.21. The molecule has 1 N–H and O–H groups in total. The van der Waals surface area contributed by atoms with Gasteiger partial charge in [0.25, 0.3) is 0 Å². The summed E-state index contributed by atoms with van der Waals surface area (Å²) >= 11 is 0. The zero-order valence-electron chi connectivity index (χ0n) is 16.2. The van der Waals surface area contributed by atoms with E-state index < -0.39 is 0 Å². The van der Waals surface area contributed by atoms with Crippen LogP contribution in [0.25, 0.3) is 0 Å². The lowest BCUT2D eigenvalue weighted by Crippen LogP contribution is -2.14. The van der Waals surface area contributed by atoms with Crippen molar-refractivity contribution in [1.82, 2.24) is 4.98 Å². The first-order valence-corrected chi connectivity index (χ1v) is 9.45. The Kier molecular flexibility index (Phi) is 5.61. The molecule has 0 fully saturated rings. The monoisotopic (exact) mass is 390 g/mol. The highest BCUT2D eigenvalue weighted by Crippen LogP contribution is 2.31. The van der Waals surface area contributed by atoms with Gasteiger partial charge in [0.15, 0.2) is 11.5 Å². The first kappa shape index (κ1) is 18.8. The Morgan fingerprint density at radius 1 is 1.14 bits per heavy atom. The molecule has 2 heterocycles. The standard InChI is InChI=1S/C23H22N2O4/c1-27-21-7-5-19(13-22(21)29-15-17-3-2-9-24-14-17)25-23(26)12-16-4-6-20-18(11-16)8-10-28-20/h2-7,9,11,13-14H,8,10,12,15H2,1H3,(H,25,26). The molecule has 0 unspecified atom stereocenters. The van der Waals surface area contributed by atoms with Crippen LogP contribution in [0.5, 0.6) is 17.2 Å². The van der Waals surface area contributed by atoms with E-state index in [0.29, 0.717) is 36.8 Å². The fourth-order valence-electron chi connectivity index (χ4n) is 3.25. The Balaban J connectivity index is 1.42. The summed E-state index contributed by atoms with van der Waals surface area (Å²) < 4.78 is 16.8. The van der Waals surface area contributed by atoms with Crippen LogP contribution >= 0.6 is 0 Å². The molecule has 0 aliphatic carbocycles. The van der Waals surface area contributed by atoms with E-state index in [4.69, 9.17) is 14.2 Å². The number of amides is 1. The van der Waals surface area contributed by atoms with Gasteiger partial charge in [0.1, 0.15) is 12.4 Å². The lowest BCUT2D eigenvalue weighted by atomic mass is 10.1. The largest absolute Gasteiger partial charge is 0.493 e. The molecule has 29 heavy (non-hydrogen) atoms. The molecule has 0 saturated heterocycles. The predicted octanol–water partition coefficient (Wildman–Crippen LogP) is 3.79. The Morgan fingerprint density at radius 2 is 2.07 bits per heavy atom. The molecule has 0 spiro atoms. The maximum atomic E-state index is 12.5. The van der Waals surface area contributed by atoms with Gasteiger partial charge in [0.2, 0.25) is 5.91 Å². The van der Waals surface area contributed by atoms with Gasteiger partial charge < -0.3 is 19.5 Å². The van der Waals surface area contributed by atoms with E-state index in [0.717, 1.165) is 28.9 Å². The molecule has 1 aliphatic rings. The van der Waals surface area contributed by atoms with Gasteiger partial charge in [-0.25, -0.2) is 0 Å². The highest BCUT2D eigenvalue weighted by atomic mass is 16.5. The number of methoxy groups -OCH3 is 1. The van der Waals surface area contributed by atoms with Crippen LogP contribution in [0.3, 0.4) is 0 Å². The topological polar surface area (TPSA) is 69.7 Å². The second-order valence-electron chi connectivity index (χ2n) is 6.78. The van der Waals surface area contributed by atoms with Crippen LogP contribution in [0.15, 0.2) is 60.9 Å². The van der Waals surface area contributed by atoms with Gasteiger partial charge in [-0.15, -0.1) is 0 Å². The van der Waals surface area contributed by atoms with E-state index >= 15 is 0 Å². The maximum Gasteiger partial charge on any atom is 0.228 e. The lowest BCUT2D eigenvalue weighted by molar-refractivity contribution is -0.115. The molecule has 1 aromatic heterocycles. The minimum atomic E-state index is -0.0905. The number of fused-ring (bicyclic) bond motifs is 1. The number of carbonyl (C=O) groups is 1. The van der Waals surface area contributed by atoms with Gasteiger partial charge in [-0.2, -0.15) is 0 Å². The van der Waals surface area contributed by atoms with E-state index in [9.17, 15) is 4.79 Å². The number of pyridine rings is 1. The predicted molar refractivity (Wildman–Crippen MR) is 110 cm³/mol. The number of anilines is 1. The van der Waals surface area contributed by atoms with E-state index in [1.165, 1.54) is 0 Å². The number of carbonyl (C=O) groups excluding carboxylic acids is 1. The molecule has 0 saturated carbocycles. The minimum Gasteiger partial charge on any atom is -0.493 e. The number of nitrogens with zero attached hydrogens (tertiary/aromatic N) is 1. The van der Waals surface area contributed by atoms with E-state index in [2.05, 4.69) is 10.3 Å². The quantitative estimate of drug-likeness (QED) is 0.665. The molecule has 1 aliphatic heterocycles. The summed E-state index contributed by atoms with van der Waals surface area (Å²) in [5, 5.41) is 2.93. The average molecular weight is 390 g/mol. The number of hydrogen-bond acceptors (Lipinski definition) is 5. The second-order valence-corrected chi connectivity index (χ2v) is 6.78. The molecule has 6 heteroatoms. The molecule has 0 bridgehead atoms. The van der Waals surface area contributed by atoms with Crippen LogP contribution in [0.2, 0.25) is 0 Å². The molecule has 0 radical (unpaired) electrons. The molecule has 6 nitrogen and oxygen atoms in total. The molecule has 148 valence electrons. The van der Waals surface area contributed by atoms with E-state index in [-0.39, 0.29) is 5.91 Å². The summed E-state index contributed by atoms with van der Waals surface area (Å²) in [6, 6.07) is 15.0. The zero-order chi connectivity index (χ0) is 20.1. The summed E-state index contributed by atoms with van der Waals surface area (Å²) in [5.74, 6) is 1.99. The van der Waals surface area contributed by atoms with Crippen molar-refractivity contribution in [2.45, 2.75) is 19.4 Å². The molecule has 0 atom stereocenters. The third-order valence-electron chi connectivity index (χ3n) is 4.68. The number of aromatic nitrogens is 1. The van der Waals surface area contributed by atoms with Gasteiger partial charge in [-0.3, -0.25) is 9.78 Å². The zero-order valence-corrected chi connectivity index (χ0v) is 16.2. The van der Waals surface area contributed by atoms with Crippen molar-refractivity contribution in [3.8, 4) is 17.2 Å². The van der Waals surface area contributed by atoms with Crippen LogP contribution in [0.1, 0.15) is 16.7 Å². The van der Waals surface area contributed by atoms with Crippen molar-refractivity contribution in [2.75, 3.05) is 19.0 Å². The Morgan fingerprint density at radius 3 is 2.90 bits per heavy atom. The Bertz CT molecular complexity index is 1010. The summed E-state index contributed by atoms with van der Waals surface area (Å²) in [4.78, 5) is 16.6. The summed E-state index contributed by atoms with van der Waals surface area (Å²) in [6.07, 6.45) is 4.65. The van der Waals surface area contributed by atoms with Gasteiger partial charge in [-0.1, -0.05) is 18.2 Å². The van der Waals surface area contributed by atoms with Crippen molar-refractivity contribution in [1.29, 1.82) is 0 Å². The highest BCUT2D eigenvalue weighted by molar-refractivity contribution is 5.92. The highest BCUT2D eigenvalue weighted by Gasteiger charge is 2.14. The Labute approximate surface area is 169 Å². The number of rotatable bonds is 7. The number of ether oxygens (including phenoxy) is 3. The van der Waals surface area contributed by atoms with Crippen molar-refractivity contribution in [3.05, 3.63) is 77.6 Å². The van der Waals surface area contributed by atoms with Crippen LogP contribution in [-0.4, -0.2) is 24.6 Å². The van der Waals surface area contributed by atoms with Crippen molar-refractivity contribution in [3.63, 3.8) is 0 Å². The number of nitrogens with one attached hydrogen (secondary N) is 1. The van der Waals surface area contributed by atoms with Crippen LogP contribution in [0, 0.1) is 0 Å². The number of benzene rings is 2. The minimum absolute atomic E-state index is 0.0905. The third kappa shape index (κ3) is 4.66. The molecular weight excluding hydrogens is 368 g/mol. The first-order chi connectivity index (χ1) is 14.2. The van der Waals surface area contributed by atoms with Crippen molar-refractivity contribution in [2.24, 2.45) is 0 Å². The van der Waals surface area contributed by atoms with Gasteiger partial charge in [0.05, 0.1) is 20.1 Å². The van der Waals surface area contributed by atoms with Gasteiger partial charge >= 0.3 is 0 Å². The van der Waals surface area contributed by atoms with Crippen LogP contribution in [-0.2, 0) is 24.2 Å². The molecule has 4 rings (SSSR count). The fraction of sp³-hybridized carbons (Fsp3) is 0.217. The van der Waals surface area contributed by atoms with Gasteiger partial charge in [-0.05, 0) is 35.4 Å². The third-order valence-corrected chi connectivity index (χ3v) is 4.68. The normalized spacial score (nSPS) is 12.0. The molecule has 1 amide bonds. The van der Waals surface area contributed by atoms with E-state index in [1.54, 1.807) is 37.7 Å². The lowest BCUT2D eigenvalue weighted by Gasteiger charge is -2.13. The van der Waals surface area contributed by atoms with Crippen LogP contribution in [0.4, 0.5) is 5.69 Å². The SMILES string of the molecule is COc1ccc(NC(=O)Cc2ccc3c(c2)CCO3)cc1OCc1cccnc1. The fourth-order valence-corrected chi connectivity index (χ4v) is 3.25. The second kappa shape index (κ2) is 8.65. The van der Waals surface area contributed by atoms with Gasteiger partial charge in [0, 0.05) is 36.1 Å². The molecular formula is C23H22N2O4.